The van der Waals surface area contributed by atoms with Crippen LogP contribution in [0.1, 0.15) is 71.4 Å². The van der Waals surface area contributed by atoms with Crippen LogP contribution in [0.2, 0.25) is 0 Å². The summed E-state index contributed by atoms with van der Waals surface area (Å²) in [7, 11) is 0. The number of amides is 1. The van der Waals surface area contributed by atoms with Gasteiger partial charge in [0, 0.05) is 12.8 Å². The van der Waals surface area contributed by atoms with E-state index in [2.05, 4.69) is 10.3 Å². The fourth-order valence-electron chi connectivity index (χ4n) is 6.44. The van der Waals surface area contributed by atoms with Gasteiger partial charge in [-0.2, -0.15) is 0 Å². The van der Waals surface area contributed by atoms with E-state index in [0.717, 1.165) is 43.2 Å². The Balaban J connectivity index is 1.45. The van der Waals surface area contributed by atoms with Crippen molar-refractivity contribution in [2.45, 2.75) is 77.7 Å². The Morgan fingerprint density at radius 3 is 2.29 bits per heavy atom. The standard InChI is InChI=1S/C23H31N3O5/c1-22(2,3)31-21(28)25-19-8-17(24-13-20(19)26(29)30)7-18(27)12-23-9-14-4-15(10-23)6-16(5-14)11-23/h8,13-16H,4-7,9-12H2,1-3H3,(H,24,25,28). The molecule has 0 radical (unpaired) electrons. The van der Waals surface area contributed by atoms with Crippen LogP contribution < -0.4 is 5.32 Å². The highest BCUT2D eigenvalue weighted by atomic mass is 16.6. The molecular formula is C23H31N3O5. The van der Waals surface area contributed by atoms with Crippen LogP contribution in [0.15, 0.2) is 12.3 Å². The van der Waals surface area contributed by atoms with Crippen molar-refractivity contribution in [1.82, 2.24) is 4.98 Å². The van der Waals surface area contributed by atoms with Gasteiger partial charge in [0.15, 0.2) is 0 Å². The van der Waals surface area contributed by atoms with Crippen molar-refractivity contribution in [3.05, 3.63) is 28.1 Å². The van der Waals surface area contributed by atoms with E-state index in [-0.39, 0.29) is 29.0 Å². The van der Waals surface area contributed by atoms with Crippen LogP contribution in [0.3, 0.4) is 0 Å². The molecule has 0 saturated heterocycles. The second-order valence-electron chi connectivity index (χ2n) is 10.9. The lowest BCUT2D eigenvalue weighted by Gasteiger charge is -2.56. The smallest absolute Gasteiger partial charge is 0.412 e. The fourth-order valence-corrected chi connectivity index (χ4v) is 6.44. The fraction of sp³-hybridized carbons (Fsp3) is 0.696. The van der Waals surface area contributed by atoms with Gasteiger partial charge in [-0.15, -0.1) is 0 Å². The number of anilines is 1. The van der Waals surface area contributed by atoms with Gasteiger partial charge in [0.05, 0.1) is 10.6 Å². The maximum atomic E-state index is 13.0. The molecule has 1 aromatic heterocycles. The molecule has 4 fully saturated rings. The molecule has 4 aliphatic rings. The Labute approximate surface area is 182 Å². The molecule has 0 unspecified atom stereocenters. The minimum absolute atomic E-state index is 0.00754. The lowest BCUT2D eigenvalue weighted by molar-refractivity contribution is -0.384. The molecule has 8 nitrogen and oxygen atoms in total. The topological polar surface area (TPSA) is 111 Å². The van der Waals surface area contributed by atoms with Crippen LogP contribution in [-0.4, -0.2) is 27.4 Å². The van der Waals surface area contributed by atoms with Gasteiger partial charge in [0.1, 0.15) is 23.3 Å². The highest BCUT2D eigenvalue weighted by Crippen LogP contribution is 2.61. The summed E-state index contributed by atoms with van der Waals surface area (Å²) in [5.74, 6) is 2.45. The number of pyridine rings is 1. The van der Waals surface area contributed by atoms with E-state index in [9.17, 15) is 19.7 Å². The largest absolute Gasteiger partial charge is 0.444 e. The second kappa shape index (κ2) is 7.88. The number of ketones is 1. The van der Waals surface area contributed by atoms with Crippen LogP contribution in [0.25, 0.3) is 0 Å². The number of nitrogens with zero attached hydrogens (tertiary/aromatic N) is 2. The van der Waals surface area contributed by atoms with Crippen LogP contribution >= 0.6 is 0 Å². The number of nitrogens with one attached hydrogen (secondary N) is 1. The van der Waals surface area contributed by atoms with E-state index in [1.165, 1.54) is 25.3 Å². The molecule has 31 heavy (non-hydrogen) atoms. The van der Waals surface area contributed by atoms with Crippen LogP contribution in [0.5, 0.6) is 0 Å². The summed E-state index contributed by atoms with van der Waals surface area (Å²) in [6.07, 6.45) is 8.45. The molecule has 1 N–H and O–H groups in total. The number of Topliss-reactive ketones (excluding diaryl/α,β-unsaturated/α-hetero) is 1. The summed E-state index contributed by atoms with van der Waals surface area (Å²) in [5.41, 5.74) is -0.506. The van der Waals surface area contributed by atoms with Crippen molar-refractivity contribution in [2.75, 3.05) is 5.32 Å². The number of rotatable bonds is 6. The molecule has 0 aliphatic heterocycles. The van der Waals surface area contributed by atoms with E-state index in [1.807, 2.05) is 0 Å². The Hall–Kier alpha value is -2.51. The van der Waals surface area contributed by atoms with Gasteiger partial charge in [-0.25, -0.2) is 4.79 Å². The van der Waals surface area contributed by atoms with Crippen molar-refractivity contribution >= 4 is 23.3 Å². The highest BCUT2D eigenvalue weighted by Gasteiger charge is 2.51. The highest BCUT2D eigenvalue weighted by molar-refractivity contribution is 5.88. The van der Waals surface area contributed by atoms with Crippen molar-refractivity contribution in [3.63, 3.8) is 0 Å². The van der Waals surface area contributed by atoms with Gasteiger partial charge in [-0.05, 0) is 88.5 Å². The van der Waals surface area contributed by atoms with Crippen LogP contribution in [0, 0.1) is 33.3 Å². The molecular weight excluding hydrogens is 398 g/mol. The van der Waals surface area contributed by atoms with Crippen molar-refractivity contribution in [1.29, 1.82) is 0 Å². The summed E-state index contributed by atoms with van der Waals surface area (Å²) in [5, 5.41) is 13.8. The SMILES string of the molecule is CC(C)(C)OC(=O)Nc1cc(CC(=O)CC23CC4CC(CC(C4)C2)C3)ncc1[N+](=O)[O-]. The summed E-state index contributed by atoms with van der Waals surface area (Å²) >= 11 is 0. The quantitative estimate of drug-likeness (QED) is 0.500. The summed E-state index contributed by atoms with van der Waals surface area (Å²) < 4.78 is 5.20. The van der Waals surface area contributed by atoms with Crippen molar-refractivity contribution in [2.24, 2.45) is 23.2 Å². The predicted molar refractivity (Wildman–Crippen MR) is 115 cm³/mol. The first kappa shape index (κ1) is 21.7. The summed E-state index contributed by atoms with van der Waals surface area (Å²) in [6, 6.07) is 1.42. The predicted octanol–water partition coefficient (Wildman–Crippen LogP) is 5.05. The third-order valence-corrected chi connectivity index (χ3v) is 6.89. The number of carbonyl (C=O) groups is 2. The van der Waals surface area contributed by atoms with E-state index < -0.39 is 16.6 Å². The molecule has 4 saturated carbocycles. The molecule has 8 heteroatoms. The number of hydrogen-bond acceptors (Lipinski definition) is 6. The van der Waals surface area contributed by atoms with Gasteiger partial charge in [-0.1, -0.05) is 0 Å². The zero-order valence-corrected chi connectivity index (χ0v) is 18.5. The van der Waals surface area contributed by atoms with Gasteiger partial charge in [0.25, 0.3) is 0 Å². The van der Waals surface area contributed by atoms with E-state index in [1.54, 1.807) is 20.8 Å². The van der Waals surface area contributed by atoms with E-state index in [0.29, 0.717) is 12.1 Å². The van der Waals surface area contributed by atoms with Gasteiger partial charge in [0.2, 0.25) is 0 Å². The number of carbonyl (C=O) groups excluding carboxylic acids is 2. The number of ether oxygens (including phenoxy) is 1. The van der Waals surface area contributed by atoms with Gasteiger partial charge < -0.3 is 4.74 Å². The minimum atomic E-state index is -0.785. The average Bonchev–Trinajstić information content (AvgIpc) is 2.57. The van der Waals surface area contributed by atoms with Gasteiger partial charge in [-0.3, -0.25) is 25.2 Å². The molecule has 0 spiro atoms. The molecule has 168 valence electrons. The third kappa shape index (κ3) is 5.05. The Morgan fingerprint density at radius 2 is 1.77 bits per heavy atom. The number of nitro groups is 1. The Bertz CT molecular complexity index is 870. The second-order valence-corrected chi connectivity index (χ2v) is 10.9. The van der Waals surface area contributed by atoms with Crippen molar-refractivity contribution < 1.29 is 19.2 Å². The molecule has 4 aliphatic carbocycles. The zero-order chi connectivity index (χ0) is 22.4. The first-order chi connectivity index (χ1) is 14.5. The number of hydrogen-bond donors (Lipinski definition) is 1. The van der Waals surface area contributed by atoms with Crippen molar-refractivity contribution in [3.8, 4) is 0 Å². The average molecular weight is 430 g/mol. The van der Waals surface area contributed by atoms with E-state index in [4.69, 9.17) is 4.74 Å². The van der Waals surface area contributed by atoms with Crippen LogP contribution in [-0.2, 0) is 16.0 Å². The molecule has 1 aromatic rings. The normalized spacial score (nSPS) is 28.9. The molecule has 4 bridgehead atoms. The maximum absolute atomic E-state index is 13.0. The Morgan fingerprint density at radius 1 is 1.19 bits per heavy atom. The molecule has 0 aromatic carbocycles. The lowest BCUT2D eigenvalue weighted by atomic mass is 9.48. The first-order valence-electron chi connectivity index (χ1n) is 11.2. The van der Waals surface area contributed by atoms with Crippen LogP contribution in [0.4, 0.5) is 16.2 Å². The van der Waals surface area contributed by atoms with Gasteiger partial charge >= 0.3 is 11.8 Å². The monoisotopic (exact) mass is 429 g/mol. The summed E-state index contributed by atoms with van der Waals surface area (Å²) in [4.78, 5) is 39.9. The molecule has 0 atom stereocenters. The third-order valence-electron chi connectivity index (χ3n) is 6.89. The zero-order valence-electron chi connectivity index (χ0n) is 18.5. The maximum Gasteiger partial charge on any atom is 0.412 e. The number of aromatic nitrogens is 1. The Kier molecular flexibility index (Phi) is 5.52. The first-order valence-corrected chi connectivity index (χ1v) is 11.2. The minimum Gasteiger partial charge on any atom is -0.444 e. The summed E-state index contributed by atoms with van der Waals surface area (Å²) in [6.45, 7) is 5.13. The molecule has 1 amide bonds. The lowest BCUT2D eigenvalue weighted by Crippen LogP contribution is -2.47. The van der Waals surface area contributed by atoms with E-state index >= 15 is 0 Å². The molecule has 1 heterocycles. The molecule has 5 rings (SSSR count).